The number of aromatic amines is 1. The smallest absolute Gasteiger partial charge is 0.196 e. The Kier molecular flexibility index (Phi) is 4.39. The molecule has 1 aliphatic heterocycles. The van der Waals surface area contributed by atoms with Gasteiger partial charge in [0.25, 0.3) is 0 Å². The Balaban J connectivity index is 1.30. The van der Waals surface area contributed by atoms with E-state index in [0.717, 1.165) is 54.0 Å². The number of nitrogens with one attached hydrogen (secondary N) is 2. The van der Waals surface area contributed by atoms with E-state index in [1.54, 1.807) is 12.4 Å². The van der Waals surface area contributed by atoms with Crippen molar-refractivity contribution >= 4 is 33.7 Å². The molecule has 32 heavy (non-hydrogen) atoms. The van der Waals surface area contributed by atoms with E-state index in [-0.39, 0.29) is 5.88 Å². The summed E-state index contributed by atoms with van der Waals surface area (Å²) in [6.07, 6.45) is 9.13. The van der Waals surface area contributed by atoms with Crippen LogP contribution in [0.15, 0.2) is 61.3 Å². The molecule has 0 amide bonds. The number of fused-ring (bicyclic) bond motifs is 2. The molecule has 1 aromatic carbocycles. The van der Waals surface area contributed by atoms with Gasteiger partial charge in [-0.15, -0.1) is 0 Å². The van der Waals surface area contributed by atoms with Crippen LogP contribution in [0.4, 0.5) is 17.3 Å². The standard InChI is InChI=1S/C23H21N7O2/c31-23-18-3-1-15(11-16(18)12-27-23)19-14-26-21(22-24-5-6-30(19)22)28-20-4-2-17(13-25-20)29-7-9-32-10-8-29/h1-6,11-14,27,31H,7-10H2,(H,25,26,28). The van der Waals surface area contributed by atoms with Gasteiger partial charge in [-0.1, -0.05) is 6.07 Å². The summed E-state index contributed by atoms with van der Waals surface area (Å²) in [4.78, 5) is 18.8. The van der Waals surface area contributed by atoms with Gasteiger partial charge in [-0.25, -0.2) is 15.0 Å². The Labute approximate surface area is 183 Å². The molecule has 160 valence electrons. The van der Waals surface area contributed by atoms with E-state index in [0.29, 0.717) is 17.3 Å². The van der Waals surface area contributed by atoms with E-state index in [9.17, 15) is 5.11 Å². The lowest BCUT2D eigenvalue weighted by Crippen LogP contribution is -2.36. The first-order valence-corrected chi connectivity index (χ1v) is 10.4. The molecule has 0 saturated carbocycles. The third-order valence-corrected chi connectivity index (χ3v) is 5.77. The molecule has 1 saturated heterocycles. The first-order chi connectivity index (χ1) is 15.8. The van der Waals surface area contributed by atoms with Crippen LogP contribution in [0.5, 0.6) is 5.88 Å². The number of aromatic hydroxyl groups is 1. The number of nitrogens with zero attached hydrogens (tertiary/aromatic N) is 5. The lowest BCUT2D eigenvalue weighted by molar-refractivity contribution is 0.122. The van der Waals surface area contributed by atoms with Gasteiger partial charge in [0.15, 0.2) is 17.3 Å². The molecular weight excluding hydrogens is 406 g/mol. The van der Waals surface area contributed by atoms with Crippen molar-refractivity contribution in [3.63, 3.8) is 0 Å². The van der Waals surface area contributed by atoms with Crippen LogP contribution in [-0.4, -0.2) is 55.7 Å². The fourth-order valence-corrected chi connectivity index (χ4v) is 4.09. The van der Waals surface area contributed by atoms with Crippen LogP contribution in [-0.2, 0) is 4.74 Å². The quantitative estimate of drug-likeness (QED) is 0.403. The maximum absolute atomic E-state index is 9.87. The Morgan fingerprint density at radius 3 is 2.78 bits per heavy atom. The molecule has 0 atom stereocenters. The fraction of sp³-hybridized carbons (Fsp3) is 0.174. The van der Waals surface area contributed by atoms with E-state index in [1.165, 1.54) is 0 Å². The van der Waals surface area contributed by atoms with Crippen molar-refractivity contribution in [3.8, 4) is 17.1 Å². The molecule has 0 unspecified atom stereocenters. The van der Waals surface area contributed by atoms with E-state index < -0.39 is 0 Å². The SMILES string of the molecule is Oc1[nH]cc2cc(-c3cnc(Nc4ccc(N5CCOCC5)cn4)c4nccn34)ccc12. The zero-order chi connectivity index (χ0) is 21.5. The van der Waals surface area contributed by atoms with Crippen molar-refractivity contribution in [2.75, 3.05) is 36.5 Å². The van der Waals surface area contributed by atoms with E-state index >= 15 is 0 Å². The van der Waals surface area contributed by atoms with Gasteiger partial charge in [-0.05, 0) is 24.3 Å². The van der Waals surface area contributed by atoms with Gasteiger partial charge in [0.05, 0.1) is 37.0 Å². The Hall–Kier alpha value is -4.11. The minimum Gasteiger partial charge on any atom is -0.494 e. The second-order valence-corrected chi connectivity index (χ2v) is 7.68. The summed E-state index contributed by atoms with van der Waals surface area (Å²) in [6.45, 7) is 3.24. The van der Waals surface area contributed by atoms with Crippen molar-refractivity contribution in [2.24, 2.45) is 0 Å². The van der Waals surface area contributed by atoms with Crippen LogP contribution in [0.25, 0.3) is 27.7 Å². The van der Waals surface area contributed by atoms with Gasteiger partial charge in [0.1, 0.15) is 5.82 Å². The number of hydrogen-bond acceptors (Lipinski definition) is 7. The highest BCUT2D eigenvalue weighted by Crippen LogP contribution is 2.30. The number of ether oxygens (including phenoxy) is 1. The predicted octanol–water partition coefficient (Wildman–Crippen LogP) is 3.56. The zero-order valence-corrected chi connectivity index (χ0v) is 17.2. The number of hydrogen-bond donors (Lipinski definition) is 3. The van der Waals surface area contributed by atoms with Crippen LogP contribution in [0.1, 0.15) is 0 Å². The molecular formula is C23H21N7O2. The van der Waals surface area contributed by atoms with Gasteiger partial charge in [-0.3, -0.25) is 4.40 Å². The Morgan fingerprint density at radius 2 is 1.94 bits per heavy atom. The van der Waals surface area contributed by atoms with E-state index in [2.05, 4.69) is 36.2 Å². The summed E-state index contributed by atoms with van der Waals surface area (Å²) in [5.74, 6) is 1.51. The van der Waals surface area contributed by atoms with Crippen LogP contribution in [0.2, 0.25) is 0 Å². The molecule has 1 fully saturated rings. The molecule has 1 aliphatic rings. The number of aromatic nitrogens is 5. The number of rotatable bonds is 4. The van der Waals surface area contributed by atoms with Crippen molar-refractivity contribution < 1.29 is 9.84 Å². The number of pyridine rings is 1. The summed E-state index contributed by atoms with van der Waals surface area (Å²) in [5.41, 5.74) is 3.67. The molecule has 0 radical (unpaired) electrons. The Bertz CT molecular complexity index is 1400. The number of H-pyrrole nitrogens is 1. The first-order valence-electron chi connectivity index (χ1n) is 10.4. The van der Waals surface area contributed by atoms with Gasteiger partial charge in [-0.2, -0.15) is 0 Å². The fourth-order valence-electron chi connectivity index (χ4n) is 4.09. The van der Waals surface area contributed by atoms with Crippen molar-refractivity contribution in [2.45, 2.75) is 0 Å². The zero-order valence-electron chi connectivity index (χ0n) is 17.2. The van der Waals surface area contributed by atoms with Gasteiger partial charge in [0.2, 0.25) is 0 Å². The molecule has 9 nitrogen and oxygen atoms in total. The number of benzene rings is 1. The molecule has 3 N–H and O–H groups in total. The molecule has 6 rings (SSSR count). The predicted molar refractivity (Wildman–Crippen MR) is 122 cm³/mol. The maximum atomic E-state index is 9.87. The first kappa shape index (κ1) is 18.6. The van der Waals surface area contributed by atoms with Crippen LogP contribution >= 0.6 is 0 Å². The van der Waals surface area contributed by atoms with E-state index in [1.807, 2.05) is 47.3 Å². The molecule has 0 spiro atoms. The maximum Gasteiger partial charge on any atom is 0.196 e. The van der Waals surface area contributed by atoms with Gasteiger partial charge < -0.3 is 25.0 Å². The molecule has 9 heteroatoms. The van der Waals surface area contributed by atoms with Gasteiger partial charge in [0, 0.05) is 48.0 Å². The second-order valence-electron chi connectivity index (χ2n) is 7.68. The number of anilines is 3. The van der Waals surface area contributed by atoms with E-state index in [4.69, 9.17) is 4.74 Å². The third-order valence-electron chi connectivity index (χ3n) is 5.77. The van der Waals surface area contributed by atoms with Crippen LogP contribution in [0, 0.1) is 0 Å². The highest BCUT2D eigenvalue weighted by atomic mass is 16.5. The summed E-state index contributed by atoms with van der Waals surface area (Å²) in [6, 6.07) is 9.88. The monoisotopic (exact) mass is 427 g/mol. The third kappa shape index (κ3) is 3.19. The summed E-state index contributed by atoms with van der Waals surface area (Å²) in [5, 5.41) is 14.9. The molecule has 0 bridgehead atoms. The molecule has 0 aliphatic carbocycles. The van der Waals surface area contributed by atoms with Crippen molar-refractivity contribution in [3.05, 3.63) is 61.3 Å². The average molecular weight is 427 g/mol. The van der Waals surface area contributed by atoms with Gasteiger partial charge >= 0.3 is 0 Å². The largest absolute Gasteiger partial charge is 0.494 e. The number of imidazole rings is 1. The normalized spacial score (nSPS) is 14.3. The van der Waals surface area contributed by atoms with Crippen LogP contribution < -0.4 is 10.2 Å². The topological polar surface area (TPSA) is 104 Å². The highest BCUT2D eigenvalue weighted by molar-refractivity contribution is 5.91. The lowest BCUT2D eigenvalue weighted by Gasteiger charge is -2.28. The summed E-state index contributed by atoms with van der Waals surface area (Å²) < 4.78 is 7.41. The number of morpholine rings is 1. The van der Waals surface area contributed by atoms with Crippen molar-refractivity contribution in [1.29, 1.82) is 0 Å². The second kappa shape index (κ2) is 7.54. The molecule has 5 aromatic rings. The summed E-state index contributed by atoms with van der Waals surface area (Å²) in [7, 11) is 0. The van der Waals surface area contributed by atoms with Crippen molar-refractivity contribution in [1.82, 2.24) is 24.3 Å². The lowest BCUT2D eigenvalue weighted by atomic mass is 10.1. The minimum absolute atomic E-state index is 0.170. The molecule has 4 aromatic heterocycles. The average Bonchev–Trinajstić information content (AvgIpc) is 3.48. The highest BCUT2D eigenvalue weighted by Gasteiger charge is 2.14. The Morgan fingerprint density at radius 1 is 1.03 bits per heavy atom. The minimum atomic E-state index is 0.170. The molecule has 5 heterocycles. The summed E-state index contributed by atoms with van der Waals surface area (Å²) >= 11 is 0. The van der Waals surface area contributed by atoms with Crippen LogP contribution in [0.3, 0.4) is 0 Å².